The molecule has 0 N–H and O–H groups in total. The molecule has 1 rings (SSSR count). The van der Waals surface area contributed by atoms with Gasteiger partial charge in [0.15, 0.2) is 0 Å². The van der Waals surface area contributed by atoms with Crippen molar-refractivity contribution < 1.29 is 0 Å². The predicted molar refractivity (Wildman–Crippen MR) is 51.2 cm³/mol. The Balaban J connectivity index is 2.77. The standard InChI is InChI=1S/C10H14Se/c1-8(2)10(11)9-6-4-3-5-7-9/h3-8,10-11H,1-2H3. The van der Waals surface area contributed by atoms with Crippen LogP contribution in [0.15, 0.2) is 30.3 Å². The van der Waals surface area contributed by atoms with Crippen LogP contribution >= 0.6 is 0 Å². The minimum absolute atomic E-state index is 0.615. The fourth-order valence-electron chi connectivity index (χ4n) is 1.04. The van der Waals surface area contributed by atoms with E-state index in [9.17, 15) is 0 Å². The van der Waals surface area contributed by atoms with Crippen LogP contribution in [0.5, 0.6) is 0 Å². The summed E-state index contributed by atoms with van der Waals surface area (Å²) in [5.41, 5.74) is 1.42. The summed E-state index contributed by atoms with van der Waals surface area (Å²) in [4.78, 5) is 0.615. The Labute approximate surface area is 76.8 Å². The van der Waals surface area contributed by atoms with Gasteiger partial charge in [0.2, 0.25) is 0 Å². The van der Waals surface area contributed by atoms with Crippen LogP contribution in [0.3, 0.4) is 0 Å². The molecule has 0 spiro atoms. The number of benzene rings is 1. The van der Waals surface area contributed by atoms with Crippen LogP contribution in [0.1, 0.15) is 24.2 Å². The molecular formula is C10H14Se. The fraction of sp³-hybridized carbons (Fsp3) is 0.400. The monoisotopic (exact) mass is 214 g/mol. The molecule has 1 aromatic carbocycles. The maximum absolute atomic E-state index is 2.74. The molecule has 0 fully saturated rings. The molecule has 1 unspecified atom stereocenters. The van der Waals surface area contributed by atoms with Crippen molar-refractivity contribution in [1.29, 1.82) is 0 Å². The SMILES string of the molecule is CC(C)C([SeH])c1ccccc1. The second-order valence-corrected chi connectivity index (χ2v) is 4.27. The first-order valence-corrected chi connectivity index (χ1v) is 5.03. The number of rotatable bonds is 2. The van der Waals surface area contributed by atoms with Crippen LogP contribution in [-0.4, -0.2) is 16.0 Å². The summed E-state index contributed by atoms with van der Waals surface area (Å²) in [5, 5.41) is 0. The molecule has 0 amide bonds. The molecule has 1 atom stereocenters. The van der Waals surface area contributed by atoms with Crippen molar-refractivity contribution in [2.45, 2.75) is 18.7 Å². The molecule has 0 bridgehead atoms. The summed E-state index contributed by atoms with van der Waals surface area (Å²) >= 11 is 2.74. The van der Waals surface area contributed by atoms with Gasteiger partial charge >= 0.3 is 76.5 Å². The fourth-order valence-corrected chi connectivity index (χ4v) is 1.40. The maximum atomic E-state index is 2.74. The van der Waals surface area contributed by atoms with Gasteiger partial charge in [-0.2, -0.15) is 0 Å². The topological polar surface area (TPSA) is 0 Å². The Morgan fingerprint density at radius 2 is 1.64 bits per heavy atom. The molecule has 0 aliphatic rings. The molecule has 0 aliphatic heterocycles. The van der Waals surface area contributed by atoms with Crippen LogP contribution in [0, 0.1) is 5.92 Å². The van der Waals surface area contributed by atoms with E-state index in [1.54, 1.807) is 0 Å². The summed E-state index contributed by atoms with van der Waals surface area (Å²) in [6, 6.07) is 10.6. The van der Waals surface area contributed by atoms with Gasteiger partial charge in [-0.05, 0) is 0 Å². The van der Waals surface area contributed by atoms with Crippen LogP contribution in [0.25, 0.3) is 0 Å². The molecule has 0 saturated carbocycles. The van der Waals surface area contributed by atoms with Gasteiger partial charge in [-0.3, -0.25) is 0 Å². The summed E-state index contributed by atoms with van der Waals surface area (Å²) in [7, 11) is 0. The molecule has 1 heteroatoms. The Kier molecular flexibility index (Phi) is 3.16. The second kappa shape index (κ2) is 3.94. The second-order valence-electron chi connectivity index (χ2n) is 3.10. The van der Waals surface area contributed by atoms with Gasteiger partial charge in [-0.15, -0.1) is 0 Å². The summed E-state index contributed by atoms with van der Waals surface area (Å²) < 4.78 is 0. The van der Waals surface area contributed by atoms with Gasteiger partial charge in [0.05, 0.1) is 0 Å². The molecule has 0 nitrogen and oxygen atoms in total. The molecule has 0 aromatic heterocycles. The average Bonchev–Trinajstić information content (AvgIpc) is 2.05. The van der Waals surface area contributed by atoms with E-state index in [2.05, 4.69) is 60.2 Å². The third kappa shape index (κ3) is 2.35. The van der Waals surface area contributed by atoms with E-state index in [0.29, 0.717) is 10.7 Å². The first-order chi connectivity index (χ1) is 5.22. The van der Waals surface area contributed by atoms with Crippen LogP contribution in [0.2, 0.25) is 0 Å². The molecule has 0 heterocycles. The molecule has 11 heavy (non-hydrogen) atoms. The first kappa shape index (κ1) is 8.83. The summed E-state index contributed by atoms with van der Waals surface area (Å²) in [6.45, 7) is 4.49. The number of hydrogen-bond acceptors (Lipinski definition) is 0. The quantitative estimate of drug-likeness (QED) is 0.661. The van der Waals surface area contributed by atoms with Crippen molar-refractivity contribution in [3.8, 4) is 0 Å². The third-order valence-corrected chi connectivity index (χ3v) is 3.65. The summed E-state index contributed by atoms with van der Waals surface area (Å²) in [5.74, 6) is 0.706. The molecule has 60 valence electrons. The van der Waals surface area contributed by atoms with Crippen molar-refractivity contribution in [3.63, 3.8) is 0 Å². The van der Waals surface area contributed by atoms with Gasteiger partial charge in [0.1, 0.15) is 0 Å². The molecule has 1 aromatic rings. The zero-order valence-electron chi connectivity index (χ0n) is 6.99. The Bertz CT molecular complexity index is 203. The van der Waals surface area contributed by atoms with Crippen molar-refractivity contribution in [2.75, 3.05) is 0 Å². The van der Waals surface area contributed by atoms with E-state index < -0.39 is 0 Å². The van der Waals surface area contributed by atoms with Gasteiger partial charge in [0.25, 0.3) is 0 Å². The first-order valence-electron chi connectivity index (χ1n) is 3.95. The molecular weight excluding hydrogens is 199 g/mol. The predicted octanol–water partition coefficient (Wildman–Crippen LogP) is 2.28. The van der Waals surface area contributed by atoms with Crippen LogP contribution in [-0.2, 0) is 0 Å². The molecule has 0 aliphatic carbocycles. The van der Waals surface area contributed by atoms with Gasteiger partial charge in [-0.1, -0.05) is 0 Å². The normalized spacial score (nSPS) is 13.5. The van der Waals surface area contributed by atoms with Gasteiger partial charge in [-0.25, -0.2) is 0 Å². The van der Waals surface area contributed by atoms with Gasteiger partial charge in [0, 0.05) is 0 Å². The van der Waals surface area contributed by atoms with E-state index in [1.807, 2.05) is 0 Å². The summed E-state index contributed by atoms with van der Waals surface area (Å²) in [6.07, 6.45) is 0. The van der Waals surface area contributed by atoms with Crippen LogP contribution in [0.4, 0.5) is 0 Å². The Morgan fingerprint density at radius 3 is 2.09 bits per heavy atom. The Hall–Kier alpha value is -0.261. The zero-order chi connectivity index (χ0) is 8.27. The van der Waals surface area contributed by atoms with E-state index in [4.69, 9.17) is 0 Å². The van der Waals surface area contributed by atoms with E-state index >= 15 is 0 Å². The molecule has 0 radical (unpaired) electrons. The van der Waals surface area contributed by atoms with Crippen molar-refractivity contribution >= 4 is 16.0 Å². The average molecular weight is 213 g/mol. The molecule has 0 saturated heterocycles. The zero-order valence-corrected chi connectivity index (χ0v) is 8.87. The Morgan fingerprint density at radius 1 is 1.09 bits per heavy atom. The minimum atomic E-state index is 0.615. The van der Waals surface area contributed by atoms with Crippen LogP contribution < -0.4 is 0 Å². The van der Waals surface area contributed by atoms with Crippen molar-refractivity contribution in [3.05, 3.63) is 35.9 Å². The van der Waals surface area contributed by atoms with Crippen molar-refractivity contribution in [2.24, 2.45) is 5.92 Å². The third-order valence-electron chi connectivity index (χ3n) is 1.77. The number of hydrogen-bond donors (Lipinski definition) is 0. The van der Waals surface area contributed by atoms with Gasteiger partial charge < -0.3 is 0 Å². The van der Waals surface area contributed by atoms with Crippen molar-refractivity contribution in [1.82, 2.24) is 0 Å². The van der Waals surface area contributed by atoms with E-state index in [0.717, 1.165) is 0 Å². The van der Waals surface area contributed by atoms with E-state index in [1.165, 1.54) is 5.56 Å². The van der Waals surface area contributed by atoms with E-state index in [-0.39, 0.29) is 0 Å².